The highest BCUT2D eigenvalue weighted by Gasteiger charge is 2.30. The molecule has 1 fully saturated rings. The van der Waals surface area contributed by atoms with Crippen molar-refractivity contribution in [3.63, 3.8) is 0 Å². The first kappa shape index (κ1) is 15.6. The number of nitrogens with one attached hydrogen (secondary N) is 3. The summed E-state index contributed by atoms with van der Waals surface area (Å²) in [6.07, 6.45) is 1.86. The van der Waals surface area contributed by atoms with E-state index >= 15 is 0 Å². The van der Waals surface area contributed by atoms with Gasteiger partial charge in [0.05, 0.1) is 15.9 Å². The Bertz CT molecular complexity index is 1120. The molecule has 1 heterocycles. The minimum absolute atomic E-state index is 0.0355. The van der Waals surface area contributed by atoms with Gasteiger partial charge in [0, 0.05) is 17.2 Å². The summed E-state index contributed by atoms with van der Waals surface area (Å²) in [5.41, 5.74) is 1.52. The lowest BCUT2D eigenvalue weighted by atomic mass is 10.1. The molecule has 0 spiro atoms. The molecule has 25 heavy (non-hydrogen) atoms. The number of benzene rings is 2. The third kappa shape index (κ3) is 3.08. The molecule has 3 aromatic rings. The van der Waals surface area contributed by atoms with Crippen LogP contribution in [0.15, 0.2) is 52.2 Å². The number of H-pyrrole nitrogens is 2. The highest BCUT2D eigenvalue weighted by Crippen LogP contribution is 2.32. The molecule has 1 aliphatic rings. The van der Waals surface area contributed by atoms with Crippen LogP contribution < -0.4 is 10.4 Å². The summed E-state index contributed by atoms with van der Waals surface area (Å²) in [5, 5.41) is 0. The van der Waals surface area contributed by atoms with Crippen LogP contribution in [0.5, 0.6) is 0 Å². The summed E-state index contributed by atoms with van der Waals surface area (Å²) >= 11 is 0. The number of ketones is 1. The van der Waals surface area contributed by atoms with Crippen LogP contribution in [-0.4, -0.2) is 24.2 Å². The fourth-order valence-corrected chi connectivity index (χ4v) is 3.76. The second-order valence-electron chi connectivity index (χ2n) is 6.11. The molecule has 1 aromatic heterocycles. The zero-order valence-electron chi connectivity index (χ0n) is 13.1. The Morgan fingerprint density at radius 2 is 1.68 bits per heavy atom. The number of hydrogen-bond acceptors (Lipinski definition) is 4. The van der Waals surface area contributed by atoms with Crippen LogP contribution in [0.2, 0.25) is 0 Å². The van der Waals surface area contributed by atoms with Gasteiger partial charge in [0.15, 0.2) is 5.78 Å². The molecule has 1 saturated carbocycles. The van der Waals surface area contributed by atoms with Gasteiger partial charge in [0.2, 0.25) is 0 Å². The Kier molecular flexibility index (Phi) is 3.50. The highest BCUT2D eigenvalue weighted by molar-refractivity contribution is 7.92. The normalized spacial score (nSPS) is 14.6. The molecule has 2 aromatic carbocycles. The summed E-state index contributed by atoms with van der Waals surface area (Å²) in [6.45, 7) is 0. The second-order valence-corrected chi connectivity index (χ2v) is 7.79. The number of hydrogen-bond donors (Lipinski definition) is 3. The molecular weight excluding hydrogens is 342 g/mol. The summed E-state index contributed by atoms with van der Waals surface area (Å²) in [7, 11) is -3.80. The number of aromatic amines is 2. The summed E-state index contributed by atoms with van der Waals surface area (Å²) in [6, 6.07) is 10.7. The standard InChI is InChI=1S/C17H15N3O4S/c21-16(10-1-2-10)11-3-5-12(6-4-11)20-25(23,24)13-7-8-14-15(9-13)19-17(22)18-14/h3-10,20H,1-2H2,(H2,18,19,22). The van der Waals surface area contributed by atoms with E-state index in [1.807, 2.05) is 0 Å². The Labute approximate surface area is 143 Å². The van der Waals surface area contributed by atoms with Crippen molar-refractivity contribution in [3.8, 4) is 0 Å². The van der Waals surface area contributed by atoms with E-state index in [4.69, 9.17) is 0 Å². The summed E-state index contributed by atoms with van der Waals surface area (Å²) in [4.78, 5) is 28.4. The molecule has 0 amide bonds. The van der Waals surface area contributed by atoms with Crippen molar-refractivity contribution < 1.29 is 13.2 Å². The number of imidazole rings is 1. The topological polar surface area (TPSA) is 112 Å². The predicted molar refractivity (Wildman–Crippen MR) is 93.2 cm³/mol. The van der Waals surface area contributed by atoms with Gasteiger partial charge >= 0.3 is 5.69 Å². The van der Waals surface area contributed by atoms with Crippen LogP contribution in [-0.2, 0) is 10.0 Å². The molecular formula is C17H15N3O4S. The summed E-state index contributed by atoms with van der Waals surface area (Å²) < 4.78 is 27.5. The minimum atomic E-state index is -3.80. The number of Topliss-reactive ketones (excluding diaryl/α,β-unsaturated/α-hetero) is 1. The van der Waals surface area contributed by atoms with E-state index in [1.165, 1.54) is 18.2 Å². The second kappa shape index (κ2) is 5.59. The van der Waals surface area contributed by atoms with E-state index in [2.05, 4.69) is 14.7 Å². The molecule has 0 saturated heterocycles. The van der Waals surface area contributed by atoms with Crippen LogP contribution in [0, 0.1) is 5.92 Å². The minimum Gasteiger partial charge on any atom is -0.306 e. The van der Waals surface area contributed by atoms with Crippen molar-refractivity contribution in [1.82, 2.24) is 9.97 Å². The Morgan fingerprint density at radius 3 is 2.36 bits per heavy atom. The quantitative estimate of drug-likeness (QED) is 0.608. The predicted octanol–water partition coefficient (Wildman–Crippen LogP) is 2.25. The lowest BCUT2D eigenvalue weighted by molar-refractivity contribution is 0.0967. The van der Waals surface area contributed by atoms with Crippen molar-refractivity contribution in [3.05, 3.63) is 58.5 Å². The van der Waals surface area contributed by atoms with Crippen LogP contribution in [0.25, 0.3) is 11.0 Å². The number of fused-ring (bicyclic) bond motifs is 1. The van der Waals surface area contributed by atoms with Gasteiger partial charge in [-0.2, -0.15) is 0 Å². The van der Waals surface area contributed by atoms with Gasteiger partial charge in [-0.1, -0.05) is 0 Å². The molecule has 0 radical (unpaired) electrons. The SMILES string of the molecule is O=C(c1ccc(NS(=O)(=O)c2ccc3[nH]c(=O)[nH]c3c2)cc1)C1CC1. The molecule has 128 valence electrons. The van der Waals surface area contributed by atoms with Crippen molar-refractivity contribution in [2.45, 2.75) is 17.7 Å². The van der Waals surface area contributed by atoms with E-state index in [0.29, 0.717) is 22.3 Å². The number of rotatable bonds is 5. The van der Waals surface area contributed by atoms with Crippen molar-refractivity contribution in [1.29, 1.82) is 0 Å². The van der Waals surface area contributed by atoms with E-state index in [1.54, 1.807) is 24.3 Å². The van der Waals surface area contributed by atoms with Crippen molar-refractivity contribution in [2.75, 3.05) is 4.72 Å². The number of carbonyl (C=O) groups excluding carboxylic acids is 1. The van der Waals surface area contributed by atoms with Crippen LogP contribution in [0.4, 0.5) is 5.69 Å². The van der Waals surface area contributed by atoms with Crippen molar-refractivity contribution in [2.24, 2.45) is 5.92 Å². The van der Waals surface area contributed by atoms with E-state index < -0.39 is 15.7 Å². The maximum atomic E-state index is 12.5. The summed E-state index contributed by atoms with van der Waals surface area (Å²) in [5.74, 6) is 0.231. The first-order chi connectivity index (χ1) is 11.9. The monoisotopic (exact) mass is 357 g/mol. The van der Waals surface area contributed by atoms with Crippen LogP contribution in [0.1, 0.15) is 23.2 Å². The van der Waals surface area contributed by atoms with Gasteiger partial charge in [-0.15, -0.1) is 0 Å². The fourth-order valence-electron chi connectivity index (χ4n) is 2.68. The number of sulfonamides is 1. The molecule has 0 bridgehead atoms. The first-order valence-corrected chi connectivity index (χ1v) is 9.30. The molecule has 3 N–H and O–H groups in total. The molecule has 8 heteroatoms. The molecule has 1 aliphatic carbocycles. The number of anilines is 1. The van der Waals surface area contributed by atoms with E-state index in [0.717, 1.165) is 12.8 Å². The maximum absolute atomic E-state index is 12.5. The van der Waals surface area contributed by atoms with Gasteiger partial charge in [-0.25, -0.2) is 13.2 Å². The highest BCUT2D eigenvalue weighted by atomic mass is 32.2. The number of aromatic nitrogens is 2. The molecule has 0 aliphatic heterocycles. The Hall–Kier alpha value is -2.87. The van der Waals surface area contributed by atoms with Gasteiger partial charge < -0.3 is 9.97 Å². The first-order valence-electron chi connectivity index (χ1n) is 7.81. The zero-order valence-corrected chi connectivity index (χ0v) is 13.9. The van der Waals surface area contributed by atoms with Crippen LogP contribution >= 0.6 is 0 Å². The van der Waals surface area contributed by atoms with Gasteiger partial charge in [0.25, 0.3) is 10.0 Å². The lowest BCUT2D eigenvalue weighted by Crippen LogP contribution is -2.13. The van der Waals surface area contributed by atoms with Gasteiger partial charge in [-0.05, 0) is 55.3 Å². The Balaban J connectivity index is 1.59. The Morgan fingerprint density at radius 1 is 1.00 bits per heavy atom. The van der Waals surface area contributed by atoms with Gasteiger partial charge in [-0.3, -0.25) is 9.52 Å². The van der Waals surface area contributed by atoms with E-state index in [-0.39, 0.29) is 16.6 Å². The largest absolute Gasteiger partial charge is 0.323 e. The lowest BCUT2D eigenvalue weighted by Gasteiger charge is -2.09. The number of carbonyl (C=O) groups is 1. The average Bonchev–Trinajstić information content (AvgIpc) is 3.35. The average molecular weight is 357 g/mol. The molecule has 4 rings (SSSR count). The fraction of sp³-hybridized carbons (Fsp3) is 0.176. The molecule has 0 unspecified atom stereocenters. The zero-order chi connectivity index (χ0) is 17.6. The van der Waals surface area contributed by atoms with Crippen LogP contribution in [0.3, 0.4) is 0 Å². The van der Waals surface area contributed by atoms with Crippen molar-refractivity contribution >= 4 is 32.5 Å². The van der Waals surface area contributed by atoms with E-state index in [9.17, 15) is 18.0 Å². The van der Waals surface area contributed by atoms with Gasteiger partial charge in [0.1, 0.15) is 0 Å². The maximum Gasteiger partial charge on any atom is 0.323 e. The smallest absolute Gasteiger partial charge is 0.306 e. The third-order valence-electron chi connectivity index (χ3n) is 4.17. The third-order valence-corrected chi connectivity index (χ3v) is 5.55. The molecule has 7 nitrogen and oxygen atoms in total. The molecule has 0 atom stereocenters.